The van der Waals surface area contributed by atoms with Crippen molar-refractivity contribution in [2.45, 2.75) is 53.0 Å². The summed E-state index contributed by atoms with van der Waals surface area (Å²) in [5.74, 6) is 2.31. The Morgan fingerprint density at radius 1 is 1.10 bits per heavy atom. The van der Waals surface area contributed by atoms with E-state index in [1.54, 1.807) is 7.11 Å². The predicted molar refractivity (Wildman–Crippen MR) is 124 cm³/mol. The number of nitrogens with zero attached hydrogens (tertiary/aromatic N) is 4. The smallest absolute Gasteiger partial charge is 0.245 e. The van der Waals surface area contributed by atoms with Gasteiger partial charge >= 0.3 is 0 Å². The lowest BCUT2D eigenvalue weighted by Gasteiger charge is -2.31. The summed E-state index contributed by atoms with van der Waals surface area (Å²) in [6, 6.07) is 14.7. The normalized spacial score (nSPS) is 12.1. The van der Waals surface area contributed by atoms with Crippen LogP contribution in [-0.2, 0) is 0 Å². The number of aryl methyl sites for hydroxylation is 2. The Kier molecular flexibility index (Phi) is 7.38. The van der Waals surface area contributed by atoms with Gasteiger partial charge in [-0.1, -0.05) is 62.2 Å². The number of aromatic nitrogens is 3. The number of methoxy groups -OCH3 is 1. The molecule has 1 heterocycles. The third kappa shape index (κ3) is 4.62. The van der Waals surface area contributed by atoms with Gasteiger partial charge in [-0.05, 0) is 43.9 Å². The summed E-state index contributed by atoms with van der Waals surface area (Å²) < 4.78 is 7.23. The first-order valence-corrected chi connectivity index (χ1v) is 11.0. The van der Waals surface area contributed by atoms with Crippen molar-refractivity contribution in [2.75, 3.05) is 18.6 Å². The van der Waals surface area contributed by atoms with Crippen LogP contribution in [0.1, 0.15) is 56.1 Å². The second kappa shape index (κ2) is 9.98. The molecule has 3 aromatic rings. The van der Waals surface area contributed by atoms with E-state index in [1.807, 2.05) is 30.7 Å². The Morgan fingerprint density at radius 3 is 2.47 bits per heavy atom. The van der Waals surface area contributed by atoms with Crippen LogP contribution in [0.4, 0.5) is 5.95 Å². The van der Waals surface area contributed by atoms with Crippen molar-refractivity contribution in [2.24, 2.45) is 0 Å². The number of anilines is 1. The van der Waals surface area contributed by atoms with Gasteiger partial charge in [0.25, 0.3) is 0 Å². The maximum absolute atomic E-state index is 6.56. The molecule has 0 saturated carbocycles. The molecule has 0 aliphatic rings. The van der Waals surface area contributed by atoms with Crippen molar-refractivity contribution in [1.29, 1.82) is 0 Å². The zero-order chi connectivity index (χ0) is 21.7. The Hall–Kier alpha value is -2.53. The summed E-state index contributed by atoms with van der Waals surface area (Å²) in [7, 11) is 1.65. The standard InChI is InChI=1S/C24H31ClN4O/c1-6-11-21(19-12-9-8-10-13-19)28(14-7-2)24-26-18(4)29(27-24)22-15-17(3)23(30-5)16-20(22)25/h8-10,12-13,15-16,21H,6-7,11,14H2,1-5H3/t21-/m0/s1. The molecule has 0 N–H and O–H groups in total. The van der Waals surface area contributed by atoms with E-state index in [-0.39, 0.29) is 6.04 Å². The van der Waals surface area contributed by atoms with E-state index in [0.717, 1.165) is 54.6 Å². The molecule has 5 nitrogen and oxygen atoms in total. The van der Waals surface area contributed by atoms with Crippen LogP contribution in [0.2, 0.25) is 5.02 Å². The third-order valence-corrected chi connectivity index (χ3v) is 5.60. The number of hydrogen-bond donors (Lipinski definition) is 0. The molecule has 0 saturated heterocycles. The molecule has 1 atom stereocenters. The summed E-state index contributed by atoms with van der Waals surface area (Å²) >= 11 is 6.56. The topological polar surface area (TPSA) is 43.2 Å². The molecule has 3 rings (SSSR count). The molecule has 30 heavy (non-hydrogen) atoms. The molecule has 0 fully saturated rings. The molecular formula is C24H31ClN4O. The van der Waals surface area contributed by atoms with Gasteiger partial charge in [-0.2, -0.15) is 4.98 Å². The van der Waals surface area contributed by atoms with Gasteiger partial charge in [-0.3, -0.25) is 0 Å². The zero-order valence-corrected chi connectivity index (χ0v) is 19.3. The van der Waals surface area contributed by atoms with E-state index in [2.05, 4.69) is 49.1 Å². The average Bonchev–Trinajstić information content (AvgIpc) is 3.13. The fraction of sp³-hybridized carbons (Fsp3) is 0.417. The van der Waals surface area contributed by atoms with Crippen LogP contribution in [0, 0.1) is 13.8 Å². The van der Waals surface area contributed by atoms with Gasteiger partial charge in [0.2, 0.25) is 5.95 Å². The molecule has 0 aliphatic carbocycles. The molecule has 0 bridgehead atoms. The molecule has 6 heteroatoms. The van der Waals surface area contributed by atoms with E-state index in [1.165, 1.54) is 5.56 Å². The number of rotatable bonds is 9. The molecule has 0 unspecified atom stereocenters. The van der Waals surface area contributed by atoms with E-state index < -0.39 is 0 Å². The fourth-order valence-corrected chi connectivity index (χ4v) is 4.08. The zero-order valence-electron chi connectivity index (χ0n) is 18.5. The van der Waals surface area contributed by atoms with E-state index in [9.17, 15) is 0 Å². The van der Waals surface area contributed by atoms with Crippen LogP contribution in [0.5, 0.6) is 5.75 Å². The van der Waals surface area contributed by atoms with E-state index in [0.29, 0.717) is 5.02 Å². The number of ether oxygens (including phenoxy) is 1. The van der Waals surface area contributed by atoms with Gasteiger partial charge in [0, 0.05) is 12.6 Å². The predicted octanol–water partition coefficient (Wildman–Crippen LogP) is 6.30. The second-order valence-electron chi connectivity index (χ2n) is 7.55. The summed E-state index contributed by atoms with van der Waals surface area (Å²) in [4.78, 5) is 7.16. The lowest BCUT2D eigenvalue weighted by molar-refractivity contribution is 0.411. The van der Waals surface area contributed by atoms with Crippen molar-refractivity contribution >= 4 is 17.5 Å². The molecule has 2 aromatic carbocycles. The molecular weight excluding hydrogens is 396 g/mol. The van der Waals surface area contributed by atoms with Crippen LogP contribution < -0.4 is 9.64 Å². The Balaban J connectivity index is 2.04. The summed E-state index contributed by atoms with van der Waals surface area (Å²) in [6.07, 6.45) is 3.14. The first-order chi connectivity index (χ1) is 14.5. The molecule has 0 amide bonds. The second-order valence-corrected chi connectivity index (χ2v) is 7.96. The van der Waals surface area contributed by atoms with Gasteiger partial charge in [0.15, 0.2) is 0 Å². The highest BCUT2D eigenvalue weighted by Crippen LogP contribution is 2.32. The maximum atomic E-state index is 6.56. The average molecular weight is 427 g/mol. The van der Waals surface area contributed by atoms with E-state index >= 15 is 0 Å². The van der Waals surface area contributed by atoms with Gasteiger partial charge in [-0.25, -0.2) is 4.68 Å². The summed E-state index contributed by atoms with van der Waals surface area (Å²) in [5.41, 5.74) is 3.11. The number of hydrogen-bond acceptors (Lipinski definition) is 4. The van der Waals surface area contributed by atoms with Crippen molar-refractivity contribution in [3.63, 3.8) is 0 Å². The Bertz CT molecular complexity index is 971. The number of halogens is 1. The minimum absolute atomic E-state index is 0.236. The highest BCUT2D eigenvalue weighted by Gasteiger charge is 2.24. The maximum Gasteiger partial charge on any atom is 0.245 e. The summed E-state index contributed by atoms with van der Waals surface area (Å²) in [5, 5.41) is 5.48. The highest BCUT2D eigenvalue weighted by molar-refractivity contribution is 6.32. The van der Waals surface area contributed by atoms with Crippen molar-refractivity contribution < 1.29 is 4.74 Å². The number of benzene rings is 2. The van der Waals surface area contributed by atoms with Crippen LogP contribution in [0.3, 0.4) is 0 Å². The quantitative estimate of drug-likeness (QED) is 0.402. The Morgan fingerprint density at radius 2 is 1.83 bits per heavy atom. The molecule has 0 aliphatic heterocycles. The monoisotopic (exact) mass is 426 g/mol. The van der Waals surface area contributed by atoms with Crippen LogP contribution in [-0.4, -0.2) is 28.4 Å². The van der Waals surface area contributed by atoms with Crippen LogP contribution >= 0.6 is 11.6 Å². The first-order valence-electron chi connectivity index (χ1n) is 10.6. The van der Waals surface area contributed by atoms with Gasteiger partial charge in [-0.15, -0.1) is 5.10 Å². The van der Waals surface area contributed by atoms with E-state index in [4.69, 9.17) is 26.4 Å². The SMILES string of the molecule is CCC[C@@H](c1ccccc1)N(CCC)c1nc(C)n(-c2cc(C)c(OC)cc2Cl)n1. The molecule has 0 spiro atoms. The van der Waals surface area contributed by atoms with Crippen molar-refractivity contribution in [3.8, 4) is 11.4 Å². The van der Waals surface area contributed by atoms with Gasteiger partial charge in [0.05, 0.1) is 23.9 Å². The fourth-order valence-electron chi connectivity index (χ4n) is 3.84. The molecule has 1 aromatic heterocycles. The largest absolute Gasteiger partial charge is 0.496 e. The lowest BCUT2D eigenvalue weighted by atomic mass is 10.0. The molecule has 0 radical (unpaired) electrons. The minimum atomic E-state index is 0.236. The van der Waals surface area contributed by atoms with Crippen LogP contribution in [0.15, 0.2) is 42.5 Å². The Labute approximate surface area is 184 Å². The summed E-state index contributed by atoms with van der Waals surface area (Å²) in [6.45, 7) is 9.26. The minimum Gasteiger partial charge on any atom is -0.496 e. The van der Waals surface area contributed by atoms with Gasteiger partial charge < -0.3 is 9.64 Å². The highest BCUT2D eigenvalue weighted by atomic mass is 35.5. The first kappa shape index (κ1) is 22.2. The van der Waals surface area contributed by atoms with Crippen molar-refractivity contribution in [1.82, 2.24) is 14.8 Å². The lowest BCUT2D eigenvalue weighted by Crippen LogP contribution is -2.30. The van der Waals surface area contributed by atoms with Gasteiger partial charge in [0.1, 0.15) is 11.6 Å². The van der Waals surface area contributed by atoms with Crippen molar-refractivity contribution in [3.05, 3.63) is 64.4 Å². The third-order valence-electron chi connectivity index (χ3n) is 5.29. The van der Waals surface area contributed by atoms with Crippen LogP contribution in [0.25, 0.3) is 5.69 Å². The molecule has 160 valence electrons.